The molecule has 3 aromatic carbocycles. The van der Waals surface area contributed by atoms with Gasteiger partial charge in [-0.3, -0.25) is 10.7 Å². The molecule has 0 spiro atoms. The number of hydrogen-bond acceptors (Lipinski definition) is 7. The summed E-state index contributed by atoms with van der Waals surface area (Å²) in [6, 6.07) is 20.6. The zero-order chi connectivity index (χ0) is 31.6. The van der Waals surface area contributed by atoms with Crippen LogP contribution in [-0.2, 0) is 28.4 Å². The topological polar surface area (TPSA) is 138 Å². The lowest BCUT2D eigenvalue weighted by atomic mass is 9.92. The van der Waals surface area contributed by atoms with Crippen LogP contribution in [0.25, 0.3) is 5.69 Å². The normalized spacial score (nSPS) is 14.8. The van der Waals surface area contributed by atoms with E-state index in [0.717, 1.165) is 4.41 Å². The van der Waals surface area contributed by atoms with Crippen LogP contribution in [0.3, 0.4) is 0 Å². The van der Waals surface area contributed by atoms with Crippen LogP contribution in [0.15, 0.2) is 89.7 Å². The van der Waals surface area contributed by atoms with Gasteiger partial charge < -0.3 is 15.2 Å². The predicted octanol–water partition coefficient (Wildman–Crippen LogP) is 5.58. The van der Waals surface area contributed by atoms with Gasteiger partial charge in [-0.2, -0.15) is 5.10 Å². The average molecular weight is 621 g/mol. The summed E-state index contributed by atoms with van der Waals surface area (Å²) in [4.78, 5) is 12.7. The molecule has 1 aliphatic heterocycles. The summed E-state index contributed by atoms with van der Waals surface area (Å²) in [7, 11) is -2.49. The number of amides is 2. The Morgan fingerprint density at radius 2 is 1.70 bits per heavy atom. The van der Waals surface area contributed by atoms with Crippen molar-refractivity contribution in [2.75, 3.05) is 17.7 Å². The first-order chi connectivity index (χ1) is 20.8. The molecule has 4 aromatic rings. The van der Waals surface area contributed by atoms with Crippen LogP contribution in [0.1, 0.15) is 37.6 Å². The fourth-order valence-corrected chi connectivity index (χ4v) is 5.95. The Kier molecular flexibility index (Phi) is 8.35. The number of anilines is 2. The molecule has 0 radical (unpaired) electrons. The van der Waals surface area contributed by atoms with E-state index in [-0.39, 0.29) is 23.3 Å². The largest absolute Gasteiger partial charge is 0.497 e. The number of aromatic nitrogens is 2. The molecule has 0 saturated heterocycles. The van der Waals surface area contributed by atoms with Crippen LogP contribution in [0.4, 0.5) is 20.7 Å². The first kappa shape index (κ1) is 30.6. The molecule has 0 atom stereocenters. The Morgan fingerprint density at radius 3 is 2.36 bits per heavy atom. The number of benzene rings is 3. The third kappa shape index (κ3) is 6.68. The number of rotatable bonds is 8. The lowest BCUT2D eigenvalue weighted by molar-refractivity contribution is 0.262. The van der Waals surface area contributed by atoms with Crippen molar-refractivity contribution in [2.24, 2.45) is 0 Å². The molecule has 2 heterocycles. The number of halogens is 1. The number of methoxy groups -OCH3 is 1. The number of hydrazine groups is 1. The molecular formula is C31H33FN6O5S. The van der Waals surface area contributed by atoms with Gasteiger partial charge >= 0.3 is 6.03 Å². The third-order valence-electron chi connectivity index (χ3n) is 6.92. The van der Waals surface area contributed by atoms with Crippen molar-refractivity contribution in [1.29, 1.82) is 0 Å². The van der Waals surface area contributed by atoms with Gasteiger partial charge in [0.25, 0.3) is 10.0 Å². The van der Waals surface area contributed by atoms with Crippen molar-refractivity contribution in [3.8, 4) is 11.4 Å². The molecule has 13 heteroatoms. The molecule has 0 bridgehead atoms. The van der Waals surface area contributed by atoms with Gasteiger partial charge in [-0.15, -0.1) is 4.41 Å². The van der Waals surface area contributed by atoms with E-state index >= 15 is 0 Å². The summed E-state index contributed by atoms with van der Waals surface area (Å²) in [5, 5.41) is 20.7. The maximum atomic E-state index is 13.4. The highest BCUT2D eigenvalue weighted by Gasteiger charge is 2.37. The Hall–Kier alpha value is -4.88. The van der Waals surface area contributed by atoms with Crippen molar-refractivity contribution in [1.82, 2.24) is 19.6 Å². The van der Waals surface area contributed by atoms with E-state index in [0.29, 0.717) is 39.8 Å². The number of ether oxygens (including phenoxy) is 1. The van der Waals surface area contributed by atoms with Crippen molar-refractivity contribution in [2.45, 2.75) is 39.2 Å². The average Bonchev–Trinajstić information content (AvgIpc) is 3.49. The first-order valence-electron chi connectivity index (χ1n) is 13.7. The number of carbonyl (C=O) groups is 1. The quantitative estimate of drug-likeness (QED) is 0.202. The molecule has 2 amide bonds. The van der Waals surface area contributed by atoms with E-state index in [2.05, 4.69) is 16.1 Å². The van der Waals surface area contributed by atoms with Gasteiger partial charge in [0, 0.05) is 23.6 Å². The number of nitrogens with zero attached hydrogens (tertiary/aromatic N) is 3. The van der Waals surface area contributed by atoms with Gasteiger partial charge in [-0.25, -0.2) is 22.3 Å². The van der Waals surface area contributed by atoms with Crippen molar-refractivity contribution >= 4 is 27.6 Å². The lowest BCUT2D eigenvalue weighted by Crippen LogP contribution is -2.35. The Balaban J connectivity index is 1.36. The maximum absolute atomic E-state index is 13.4. The molecule has 0 saturated carbocycles. The van der Waals surface area contributed by atoms with Gasteiger partial charge in [0.15, 0.2) is 0 Å². The zero-order valence-corrected chi connectivity index (χ0v) is 25.4. The summed E-state index contributed by atoms with van der Waals surface area (Å²) >= 11 is 0. The van der Waals surface area contributed by atoms with Gasteiger partial charge in [0.05, 0.1) is 25.0 Å². The van der Waals surface area contributed by atoms with Gasteiger partial charge in [0.2, 0.25) is 5.88 Å². The number of hydrogen-bond donors (Lipinski definition) is 4. The second-order valence-electron chi connectivity index (χ2n) is 11.3. The number of sulfonamides is 1. The Morgan fingerprint density at radius 1 is 1.00 bits per heavy atom. The molecule has 0 unspecified atom stereocenters. The number of carbonyl (C=O) groups excluding carboxylic acids is 1. The molecule has 230 valence electrons. The number of aliphatic hydroxyl groups excluding tert-OH is 1. The van der Waals surface area contributed by atoms with Gasteiger partial charge in [-0.1, -0.05) is 45.0 Å². The smallest absolute Gasteiger partial charge is 0.324 e. The van der Waals surface area contributed by atoms with Crippen LogP contribution < -0.4 is 20.8 Å². The van der Waals surface area contributed by atoms with E-state index in [1.165, 1.54) is 24.3 Å². The number of nitrogens with one attached hydrogen (secondary N) is 3. The third-order valence-corrected chi connectivity index (χ3v) is 8.68. The number of aliphatic hydroxyl groups is 1. The predicted molar refractivity (Wildman–Crippen MR) is 165 cm³/mol. The Bertz CT molecular complexity index is 1810. The van der Waals surface area contributed by atoms with E-state index in [1.54, 1.807) is 66.4 Å². The Labute approximate surface area is 255 Å². The van der Waals surface area contributed by atoms with Crippen LogP contribution >= 0.6 is 0 Å². The van der Waals surface area contributed by atoms with Crippen molar-refractivity contribution < 1.29 is 27.4 Å². The highest BCUT2D eigenvalue weighted by atomic mass is 32.2. The summed E-state index contributed by atoms with van der Waals surface area (Å²) in [6.07, 6.45) is -0.000413. The van der Waals surface area contributed by atoms with E-state index in [1.807, 2.05) is 20.8 Å². The maximum Gasteiger partial charge on any atom is 0.324 e. The molecule has 11 nitrogen and oxygen atoms in total. The number of urea groups is 1. The fraction of sp³-hybridized carbons (Fsp3) is 0.226. The van der Waals surface area contributed by atoms with Crippen molar-refractivity contribution in [3.63, 3.8) is 0 Å². The molecule has 1 aliphatic rings. The summed E-state index contributed by atoms with van der Waals surface area (Å²) in [5.74, 6) is 0.164. The van der Waals surface area contributed by atoms with E-state index in [4.69, 9.17) is 9.84 Å². The number of allylic oxidation sites excluding steroid dienone is 1. The summed E-state index contributed by atoms with van der Waals surface area (Å²) in [5.41, 5.74) is 5.22. The second-order valence-corrected chi connectivity index (χ2v) is 13.1. The summed E-state index contributed by atoms with van der Waals surface area (Å²) in [6.45, 7) is 5.88. The highest BCUT2D eigenvalue weighted by Crippen LogP contribution is 2.29. The van der Waals surface area contributed by atoms with Gasteiger partial charge in [0.1, 0.15) is 22.3 Å². The standard InChI is InChI=1S/C31H33FN6O5S/c1-31(2,3)27-18-28(34-30(40)33-23-12-10-22(32)11-13-23)38(35-27)24-7-5-6-21(16-24)19-37-36-29(39)26(44(37,41)42)17-20-8-14-25(43-4)15-9-20/h5-16,18,36,39H,17,19H2,1-4H3,(H2,33,34,40). The minimum atomic E-state index is -4.03. The highest BCUT2D eigenvalue weighted by molar-refractivity contribution is 7.93. The molecular weight excluding hydrogens is 587 g/mol. The van der Waals surface area contributed by atoms with E-state index in [9.17, 15) is 22.7 Å². The fourth-order valence-electron chi connectivity index (χ4n) is 4.52. The lowest BCUT2D eigenvalue weighted by Gasteiger charge is -2.17. The van der Waals surface area contributed by atoms with Crippen LogP contribution in [-0.4, -0.2) is 40.9 Å². The van der Waals surface area contributed by atoms with Gasteiger partial charge in [-0.05, 0) is 59.7 Å². The molecule has 0 fully saturated rings. The van der Waals surface area contributed by atoms with E-state index < -0.39 is 27.8 Å². The first-order valence-corrected chi connectivity index (χ1v) is 15.2. The monoisotopic (exact) mass is 620 g/mol. The minimum absolute atomic E-state index is 0.000413. The SMILES string of the molecule is COc1ccc(CC2=C(O)NN(Cc3cccc(-n4nc(C(C)(C)C)cc4NC(=O)Nc4ccc(F)cc4)c3)S2(=O)=O)cc1. The second kappa shape index (κ2) is 12.0. The molecule has 5 rings (SSSR count). The minimum Gasteiger partial charge on any atom is -0.497 e. The molecule has 44 heavy (non-hydrogen) atoms. The molecule has 0 aliphatic carbocycles. The molecule has 4 N–H and O–H groups in total. The van der Waals surface area contributed by atoms with Crippen LogP contribution in [0.5, 0.6) is 5.75 Å². The van der Waals surface area contributed by atoms with Crippen LogP contribution in [0.2, 0.25) is 0 Å². The zero-order valence-electron chi connectivity index (χ0n) is 24.6. The molecule has 1 aromatic heterocycles. The van der Waals surface area contributed by atoms with Crippen LogP contribution in [0, 0.1) is 5.82 Å². The van der Waals surface area contributed by atoms with Crippen molar-refractivity contribution in [3.05, 3.63) is 112 Å². The summed E-state index contributed by atoms with van der Waals surface area (Å²) < 4.78 is 47.7.